The van der Waals surface area contributed by atoms with Crippen LogP contribution in [0.5, 0.6) is 0 Å². The Labute approximate surface area is 112 Å². The van der Waals surface area contributed by atoms with Gasteiger partial charge in [0.2, 0.25) is 0 Å². The fourth-order valence-corrected chi connectivity index (χ4v) is 2.82. The molecule has 0 spiro atoms. The van der Waals surface area contributed by atoms with Crippen molar-refractivity contribution >= 4 is 21.6 Å². The van der Waals surface area contributed by atoms with Crippen molar-refractivity contribution < 1.29 is 0 Å². The second-order valence-electron chi connectivity index (χ2n) is 4.84. The molecular formula is C14H21BrN2. The lowest BCUT2D eigenvalue weighted by Crippen LogP contribution is -2.24. The minimum absolute atomic E-state index is 0.269. The molecule has 0 radical (unpaired) electrons. The van der Waals surface area contributed by atoms with Crippen LogP contribution in [0.2, 0.25) is 0 Å². The molecule has 17 heavy (non-hydrogen) atoms. The number of nitrogens with two attached hydrogens (primary N) is 1. The molecule has 1 aromatic rings. The van der Waals surface area contributed by atoms with E-state index in [-0.39, 0.29) is 6.04 Å². The summed E-state index contributed by atoms with van der Waals surface area (Å²) in [6.07, 6.45) is 4.64. The van der Waals surface area contributed by atoms with E-state index < -0.39 is 0 Å². The van der Waals surface area contributed by atoms with Crippen LogP contribution < -0.4 is 10.6 Å². The molecule has 94 valence electrons. The summed E-state index contributed by atoms with van der Waals surface area (Å²) < 4.78 is 1.15. The maximum Gasteiger partial charge on any atom is 0.0400 e. The number of hydrogen-bond acceptors (Lipinski definition) is 2. The molecule has 0 aliphatic carbocycles. The molecule has 0 bridgehead atoms. The molecule has 3 heteroatoms. The quantitative estimate of drug-likeness (QED) is 0.923. The lowest BCUT2D eigenvalue weighted by Gasteiger charge is -2.23. The Morgan fingerprint density at radius 1 is 1.35 bits per heavy atom. The Kier molecular flexibility index (Phi) is 4.46. The van der Waals surface area contributed by atoms with Gasteiger partial charge in [-0.1, -0.05) is 22.9 Å². The molecule has 1 saturated heterocycles. The van der Waals surface area contributed by atoms with E-state index in [9.17, 15) is 0 Å². The number of halogens is 1. The lowest BCUT2D eigenvalue weighted by atomic mass is 10.0. The molecule has 2 rings (SSSR count). The van der Waals surface area contributed by atoms with Gasteiger partial charge in [-0.3, -0.25) is 0 Å². The zero-order valence-corrected chi connectivity index (χ0v) is 12.0. The van der Waals surface area contributed by atoms with Gasteiger partial charge in [0.1, 0.15) is 0 Å². The molecule has 1 aliphatic heterocycles. The molecule has 2 N–H and O–H groups in total. The van der Waals surface area contributed by atoms with E-state index in [1.807, 2.05) is 0 Å². The van der Waals surface area contributed by atoms with Crippen LogP contribution in [0, 0.1) is 0 Å². The fraction of sp³-hybridized carbons (Fsp3) is 0.571. The predicted octanol–water partition coefficient (Wildman–Crippen LogP) is 3.33. The summed E-state index contributed by atoms with van der Waals surface area (Å²) >= 11 is 3.56. The van der Waals surface area contributed by atoms with Crippen molar-refractivity contribution in [3.8, 4) is 0 Å². The molecule has 1 fully saturated rings. The molecule has 0 aromatic heterocycles. The van der Waals surface area contributed by atoms with Gasteiger partial charge >= 0.3 is 0 Å². The van der Waals surface area contributed by atoms with Crippen molar-refractivity contribution in [2.24, 2.45) is 5.73 Å². The first kappa shape index (κ1) is 12.9. The van der Waals surface area contributed by atoms with Crippen LogP contribution in [0.1, 0.15) is 31.7 Å². The van der Waals surface area contributed by atoms with E-state index in [0.717, 1.165) is 17.3 Å². The van der Waals surface area contributed by atoms with Gasteiger partial charge in [-0.15, -0.1) is 0 Å². The summed E-state index contributed by atoms with van der Waals surface area (Å²) in [4.78, 5) is 2.49. The number of rotatable bonds is 4. The third-order valence-electron chi connectivity index (χ3n) is 3.49. The first-order valence-electron chi connectivity index (χ1n) is 6.49. The Balaban J connectivity index is 2.23. The highest BCUT2D eigenvalue weighted by Gasteiger charge is 2.16. The first-order valence-corrected chi connectivity index (χ1v) is 7.29. The monoisotopic (exact) mass is 296 g/mol. The van der Waals surface area contributed by atoms with Crippen LogP contribution in [0.15, 0.2) is 22.7 Å². The van der Waals surface area contributed by atoms with Gasteiger partial charge in [-0.2, -0.15) is 0 Å². The van der Waals surface area contributed by atoms with Crippen LogP contribution in [-0.2, 0) is 6.42 Å². The van der Waals surface area contributed by atoms with Crippen molar-refractivity contribution in [1.29, 1.82) is 0 Å². The highest BCUT2D eigenvalue weighted by atomic mass is 79.9. The van der Waals surface area contributed by atoms with Crippen LogP contribution in [0.25, 0.3) is 0 Å². The van der Waals surface area contributed by atoms with E-state index in [0.29, 0.717) is 0 Å². The number of benzene rings is 1. The Morgan fingerprint density at radius 3 is 2.71 bits per heavy atom. The van der Waals surface area contributed by atoms with Crippen LogP contribution in [0.3, 0.4) is 0 Å². The van der Waals surface area contributed by atoms with E-state index in [1.54, 1.807) is 0 Å². The van der Waals surface area contributed by atoms with Crippen molar-refractivity contribution in [3.05, 3.63) is 28.2 Å². The van der Waals surface area contributed by atoms with E-state index in [4.69, 9.17) is 5.73 Å². The van der Waals surface area contributed by atoms with E-state index >= 15 is 0 Å². The molecule has 2 nitrogen and oxygen atoms in total. The van der Waals surface area contributed by atoms with Crippen LogP contribution in [-0.4, -0.2) is 19.1 Å². The van der Waals surface area contributed by atoms with Gasteiger partial charge in [0, 0.05) is 29.3 Å². The van der Waals surface area contributed by atoms with Crippen molar-refractivity contribution in [1.82, 2.24) is 0 Å². The third kappa shape index (κ3) is 3.23. The highest BCUT2D eigenvalue weighted by Crippen LogP contribution is 2.28. The van der Waals surface area contributed by atoms with Gasteiger partial charge in [-0.25, -0.2) is 0 Å². The summed E-state index contributed by atoms with van der Waals surface area (Å²) in [6, 6.07) is 6.86. The Bertz CT molecular complexity index is 372. The van der Waals surface area contributed by atoms with Gasteiger partial charge < -0.3 is 10.6 Å². The average molecular weight is 297 g/mol. The number of anilines is 1. The van der Waals surface area contributed by atoms with E-state index in [1.165, 1.54) is 37.2 Å². The first-order chi connectivity index (χ1) is 8.20. The summed E-state index contributed by atoms with van der Waals surface area (Å²) in [7, 11) is 0. The number of nitrogens with zero attached hydrogens (tertiary/aromatic N) is 1. The third-order valence-corrected chi connectivity index (χ3v) is 3.99. The molecule has 1 aromatic carbocycles. The highest BCUT2D eigenvalue weighted by molar-refractivity contribution is 9.10. The van der Waals surface area contributed by atoms with Gasteiger partial charge in [0.25, 0.3) is 0 Å². The van der Waals surface area contributed by atoms with E-state index in [2.05, 4.69) is 46.0 Å². The molecule has 1 aliphatic rings. The topological polar surface area (TPSA) is 29.3 Å². The predicted molar refractivity (Wildman–Crippen MR) is 77.6 cm³/mol. The van der Waals surface area contributed by atoms with Crippen molar-refractivity contribution in [2.45, 2.75) is 38.6 Å². The average Bonchev–Trinajstić information content (AvgIpc) is 2.82. The summed E-state index contributed by atoms with van der Waals surface area (Å²) in [5.74, 6) is 0. The maximum atomic E-state index is 6.09. The lowest BCUT2D eigenvalue weighted by molar-refractivity contribution is 0.645. The minimum Gasteiger partial charge on any atom is -0.371 e. The van der Waals surface area contributed by atoms with Gasteiger partial charge in [-0.05, 0) is 49.4 Å². The summed E-state index contributed by atoms with van der Waals surface area (Å²) in [5.41, 5.74) is 8.86. The standard InChI is InChI=1S/C14H21BrN2/c1-2-13(16)10-11-9-12(15)5-6-14(11)17-7-3-4-8-17/h5-6,9,13H,2-4,7-8,10,16H2,1H3. The minimum atomic E-state index is 0.269. The molecule has 1 unspecified atom stereocenters. The normalized spacial score (nSPS) is 17.5. The maximum absolute atomic E-state index is 6.09. The fourth-order valence-electron chi connectivity index (χ4n) is 2.41. The molecular weight excluding hydrogens is 276 g/mol. The molecule has 1 heterocycles. The number of hydrogen-bond donors (Lipinski definition) is 1. The van der Waals surface area contributed by atoms with Crippen LogP contribution in [0.4, 0.5) is 5.69 Å². The van der Waals surface area contributed by atoms with Crippen LogP contribution >= 0.6 is 15.9 Å². The van der Waals surface area contributed by atoms with Crippen molar-refractivity contribution in [3.63, 3.8) is 0 Å². The Morgan fingerprint density at radius 2 is 2.06 bits per heavy atom. The second-order valence-corrected chi connectivity index (χ2v) is 5.76. The zero-order valence-electron chi connectivity index (χ0n) is 10.5. The summed E-state index contributed by atoms with van der Waals surface area (Å²) in [5, 5.41) is 0. The van der Waals surface area contributed by atoms with Crippen molar-refractivity contribution in [2.75, 3.05) is 18.0 Å². The second kappa shape index (κ2) is 5.87. The molecule has 0 saturated carbocycles. The summed E-state index contributed by atoms with van der Waals surface area (Å²) in [6.45, 7) is 4.53. The smallest absolute Gasteiger partial charge is 0.0400 e. The SMILES string of the molecule is CCC(N)Cc1cc(Br)ccc1N1CCCC1. The Hall–Kier alpha value is -0.540. The largest absolute Gasteiger partial charge is 0.371 e. The zero-order chi connectivity index (χ0) is 12.3. The molecule has 1 atom stereocenters. The van der Waals surface area contributed by atoms with Gasteiger partial charge in [0.05, 0.1) is 0 Å². The van der Waals surface area contributed by atoms with Gasteiger partial charge in [0.15, 0.2) is 0 Å². The molecule has 0 amide bonds.